The molecule has 0 bridgehead atoms. The molecule has 1 fully saturated rings. The van der Waals surface area contributed by atoms with E-state index in [1.807, 2.05) is 0 Å². The third-order valence-electron chi connectivity index (χ3n) is 15.4. The number of rotatable bonds is 55. The number of ether oxygens (including phenoxy) is 2. The van der Waals surface area contributed by atoms with Gasteiger partial charge >= 0.3 is 0 Å². The van der Waals surface area contributed by atoms with Gasteiger partial charge in [0.15, 0.2) is 6.29 Å². The molecule has 9 atom stereocenters. The Balaban J connectivity index is 2.29. The molecule has 0 aromatic heterocycles. The van der Waals surface area contributed by atoms with Crippen LogP contribution in [0.25, 0.3) is 0 Å². The average Bonchev–Trinajstić information content (AvgIpc) is 3.41. The smallest absolute Gasteiger partial charge is 0.249 e. The maximum Gasteiger partial charge on any atom is 0.249 e. The number of carbonyl (C=O) groups excluding carboxylic acids is 1. The van der Waals surface area contributed by atoms with E-state index < -0.39 is 74.2 Å². The van der Waals surface area contributed by atoms with Gasteiger partial charge in [0.1, 0.15) is 36.6 Å². The Kier molecular flexibility index (Phi) is 50.4. The van der Waals surface area contributed by atoms with Crippen molar-refractivity contribution in [1.29, 1.82) is 0 Å². The molecule has 0 aliphatic carbocycles. The molecule has 0 aromatic rings. The maximum absolute atomic E-state index is 13.2. The van der Waals surface area contributed by atoms with Crippen LogP contribution in [-0.2, 0) is 14.3 Å². The van der Waals surface area contributed by atoms with Crippen molar-refractivity contribution in [2.75, 3.05) is 13.2 Å². The standard InChI is InChI=1S/C64H121NO10/c1-3-5-7-9-11-13-15-17-19-21-23-25-27-28-30-32-34-36-38-40-42-44-46-48-50-52-57(68)63(73)65-55(54-74-64-62(72)61(71)60(70)58(53-66)75-64)59(69)56(67)51-49-47-45-43-41-39-37-35-33-31-29-26-24-22-20-18-16-14-12-10-8-6-4-2/h26,29,35,37,43,45,55-62,64,66-72H,3-25,27-28,30-34,36,38-42,44,46-54H2,1-2H3,(H,65,73)/b29-26+,37-35+,45-43+. The Morgan fingerprint density at radius 2 is 0.800 bits per heavy atom. The van der Waals surface area contributed by atoms with E-state index in [1.54, 1.807) is 0 Å². The Morgan fingerprint density at radius 1 is 0.453 bits per heavy atom. The molecule has 11 heteroatoms. The first-order valence-corrected chi connectivity index (χ1v) is 31.9. The van der Waals surface area contributed by atoms with E-state index in [4.69, 9.17) is 9.47 Å². The molecule has 11 nitrogen and oxygen atoms in total. The summed E-state index contributed by atoms with van der Waals surface area (Å²) >= 11 is 0. The van der Waals surface area contributed by atoms with Gasteiger partial charge in [-0.2, -0.15) is 0 Å². The molecule has 0 radical (unpaired) electrons. The van der Waals surface area contributed by atoms with Crippen molar-refractivity contribution in [3.8, 4) is 0 Å². The molecule has 8 N–H and O–H groups in total. The second-order valence-electron chi connectivity index (χ2n) is 22.5. The highest BCUT2D eigenvalue weighted by molar-refractivity contribution is 5.80. The molecule has 442 valence electrons. The number of unbranched alkanes of at least 4 members (excludes halogenated alkanes) is 37. The van der Waals surface area contributed by atoms with Crippen LogP contribution in [0.15, 0.2) is 36.5 Å². The monoisotopic (exact) mass is 1060 g/mol. The fourth-order valence-electron chi connectivity index (χ4n) is 10.2. The SMILES string of the molecule is CCCCCCCCCCCC/C=C/CC/C=C/CC/C=C/CCCC(O)C(O)C(COC1OC(CO)C(O)C(O)C1O)NC(=O)C(O)CCCCCCCCCCCCCCCCCCCCCCCCCCC. The van der Waals surface area contributed by atoms with Gasteiger partial charge in [-0.25, -0.2) is 0 Å². The van der Waals surface area contributed by atoms with Gasteiger partial charge in [-0.1, -0.05) is 269 Å². The van der Waals surface area contributed by atoms with Crippen LogP contribution in [0.2, 0.25) is 0 Å². The zero-order valence-corrected chi connectivity index (χ0v) is 48.5. The minimum absolute atomic E-state index is 0.243. The van der Waals surface area contributed by atoms with Crippen molar-refractivity contribution >= 4 is 5.91 Å². The van der Waals surface area contributed by atoms with E-state index in [-0.39, 0.29) is 12.8 Å². The largest absolute Gasteiger partial charge is 0.394 e. The predicted molar refractivity (Wildman–Crippen MR) is 312 cm³/mol. The molecule has 1 aliphatic rings. The number of amides is 1. The van der Waals surface area contributed by atoms with Crippen LogP contribution < -0.4 is 5.32 Å². The number of hydrogen-bond donors (Lipinski definition) is 8. The van der Waals surface area contributed by atoms with Gasteiger partial charge in [0, 0.05) is 0 Å². The summed E-state index contributed by atoms with van der Waals surface area (Å²) in [4.78, 5) is 13.2. The summed E-state index contributed by atoms with van der Waals surface area (Å²) in [5.74, 6) is -0.707. The maximum atomic E-state index is 13.2. The summed E-state index contributed by atoms with van der Waals surface area (Å²) in [7, 11) is 0. The molecular weight excluding hydrogens is 943 g/mol. The van der Waals surface area contributed by atoms with Crippen molar-refractivity contribution in [3.05, 3.63) is 36.5 Å². The number of hydrogen-bond acceptors (Lipinski definition) is 10. The summed E-state index contributed by atoms with van der Waals surface area (Å²) in [6.45, 7) is 3.47. The van der Waals surface area contributed by atoms with Crippen LogP contribution in [0, 0.1) is 0 Å². The molecular formula is C64H121NO10. The minimum Gasteiger partial charge on any atom is -0.394 e. The van der Waals surface area contributed by atoms with E-state index in [9.17, 15) is 40.5 Å². The van der Waals surface area contributed by atoms with Crippen LogP contribution in [0.4, 0.5) is 0 Å². The van der Waals surface area contributed by atoms with Gasteiger partial charge in [-0.15, -0.1) is 0 Å². The van der Waals surface area contributed by atoms with E-state index >= 15 is 0 Å². The van der Waals surface area contributed by atoms with E-state index in [1.165, 1.54) is 205 Å². The molecule has 0 aromatic carbocycles. The van der Waals surface area contributed by atoms with Crippen molar-refractivity contribution in [2.45, 2.75) is 351 Å². The van der Waals surface area contributed by atoms with Gasteiger partial charge in [-0.05, 0) is 64.2 Å². The third-order valence-corrected chi connectivity index (χ3v) is 15.4. The Hall–Kier alpha value is -1.67. The minimum atomic E-state index is -1.67. The highest BCUT2D eigenvalue weighted by Crippen LogP contribution is 2.23. The lowest BCUT2D eigenvalue weighted by Gasteiger charge is -2.40. The summed E-state index contributed by atoms with van der Waals surface area (Å²) in [6, 6.07) is -1.19. The highest BCUT2D eigenvalue weighted by atomic mass is 16.7. The number of nitrogens with one attached hydrogen (secondary N) is 1. The van der Waals surface area contributed by atoms with Crippen molar-refractivity contribution in [1.82, 2.24) is 5.32 Å². The van der Waals surface area contributed by atoms with E-state index in [2.05, 4.69) is 55.6 Å². The van der Waals surface area contributed by atoms with Crippen LogP contribution >= 0.6 is 0 Å². The number of allylic oxidation sites excluding steroid dienone is 6. The van der Waals surface area contributed by atoms with Crippen LogP contribution in [0.1, 0.15) is 296 Å². The molecule has 1 amide bonds. The Morgan fingerprint density at radius 3 is 1.19 bits per heavy atom. The highest BCUT2D eigenvalue weighted by Gasteiger charge is 2.44. The average molecular weight is 1060 g/mol. The van der Waals surface area contributed by atoms with Crippen LogP contribution in [0.3, 0.4) is 0 Å². The molecule has 1 rings (SSSR count). The van der Waals surface area contributed by atoms with E-state index in [0.29, 0.717) is 19.3 Å². The number of aliphatic hydroxyl groups excluding tert-OH is 7. The van der Waals surface area contributed by atoms with Crippen LogP contribution in [-0.4, -0.2) is 110 Å². The van der Waals surface area contributed by atoms with Crippen molar-refractivity contribution in [2.24, 2.45) is 0 Å². The normalized spacial score (nSPS) is 19.9. The molecule has 1 aliphatic heterocycles. The number of aliphatic hydroxyl groups is 7. The topological polar surface area (TPSA) is 189 Å². The quantitative estimate of drug-likeness (QED) is 0.0215. The molecule has 0 spiro atoms. The molecule has 75 heavy (non-hydrogen) atoms. The lowest BCUT2D eigenvalue weighted by atomic mass is 9.98. The molecule has 0 saturated carbocycles. The molecule has 1 heterocycles. The lowest BCUT2D eigenvalue weighted by Crippen LogP contribution is -2.60. The van der Waals surface area contributed by atoms with Crippen molar-refractivity contribution in [3.63, 3.8) is 0 Å². The zero-order valence-electron chi connectivity index (χ0n) is 48.5. The fraction of sp³-hybridized carbons (Fsp3) is 0.891. The lowest BCUT2D eigenvalue weighted by molar-refractivity contribution is -0.303. The fourth-order valence-corrected chi connectivity index (χ4v) is 10.2. The van der Waals surface area contributed by atoms with E-state index in [0.717, 1.165) is 44.9 Å². The summed E-state index contributed by atoms with van der Waals surface area (Å²) < 4.78 is 11.2. The third kappa shape index (κ3) is 41.1. The first kappa shape index (κ1) is 71.3. The zero-order chi connectivity index (χ0) is 54.7. The molecule has 1 saturated heterocycles. The van der Waals surface area contributed by atoms with Gasteiger partial charge in [-0.3, -0.25) is 4.79 Å². The predicted octanol–water partition coefficient (Wildman–Crippen LogP) is 14.2. The molecule has 9 unspecified atom stereocenters. The Bertz CT molecular complexity index is 1310. The van der Waals surface area contributed by atoms with Gasteiger partial charge in [0.25, 0.3) is 0 Å². The first-order valence-electron chi connectivity index (χ1n) is 31.9. The Labute approximate surface area is 460 Å². The second-order valence-corrected chi connectivity index (χ2v) is 22.5. The van der Waals surface area contributed by atoms with Gasteiger partial charge < -0.3 is 50.5 Å². The summed E-state index contributed by atoms with van der Waals surface area (Å²) in [5.41, 5.74) is 0. The van der Waals surface area contributed by atoms with Crippen molar-refractivity contribution < 1.29 is 50.0 Å². The van der Waals surface area contributed by atoms with Gasteiger partial charge in [0.2, 0.25) is 5.91 Å². The number of carbonyl (C=O) groups is 1. The van der Waals surface area contributed by atoms with Gasteiger partial charge in [0.05, 0.1) is 25.4 Å². The first-order chi connectivity index (χ1) is 36.7. The summed E-state index contributed by atoms with van der Waals surface area (Å²) in [6.07, 6.45) is 55.0. The van der Waals surface area contributed by atoms with Crippen LogP contribution in [0.5, 0.6) is 0 Å². The second kappa shape index (κ2) is 53.0. The summed E-state index contributed by atoms with van der Waals surface area (Å²) in [5, 5.41) is 76.3.